The summed E-state index contributed by atoms with van der Waals surface area (Å²) in [5.41, 5.74) is 0.482. The molecule has 0 aliphatic rings. The Bertz CT molecular complexity index is 629. The van der Waals surface area contributed by atoms with E-state index in [-0.39, 0.29) is 19.0 Å². The highest BCUT2D eigenvalue weighted by Gasteiger charge is 2.32. The maximum absolute atomic E-state index is 13.4. The summed E-state index contributed by atoms with van der Waals surface area (Å²) in [4.78, 5) is 0. The summed E-state index contributed by atoms with van der Waals surface area (Å²) < 4.78 is 14.2. The Morgan fingerprint density at radius 1 is 1.10 bits per heavy atom. The minimum atomic E-state index is -0.915. The largest absolute Gasteiger partial charge is 0.395 e. The summed E-state index contributed by atoms with van der Waals surface area (Å²) in [5, 5.41) is 20.2. The lowest BCUT2D eigenvalue weighted by molar-refractivity contribution is 0.116. The van der Waals surface area contributed by atoms with Crippen LogP contribution in [0.2, 0.25) is 5.02 Å². The second kappa shape index (κ2) is 6.88. The van der Waals surface area contributed by atoms with Crippen LogP contribution in [0.15, 0.2) is 46.9 Å². The molecule has 21 heavy (non-hydrogen) atoms. The lowest BCUT2D eigenvalue weighted by Crippen LogP contribution is -2.37. The van der Waals surface area contributed by atoms with Crippen LogP contribution in [0.1, 0.15) is 11.1 Å². The number of rotatable bonds is 5. The number of aliphatic hydroxyl groups is 2. The zero-order valence-corrected chi connectivity index (χ0v) is 13.5. The fourth-order valence-electron chi connectivity index (χ4n) is 2.31. The standard InChI is InChI=1S/C16H15BrClFO2/c17-15-5-4-14(19)6-11(15)8-16(9-20,10-21)12-2-1-3-13(18)7-12/h1-7,20-21H,8-10H2. The van der Waals surface area contributed by atoms with Crippen molar-refractivity contribution in [3.05, 3.63) is 68.9 Å². The van der Waals surface area contributed by atoms with Crippen molar-refractivity contribution in [1.29, 1.82) is 0 Å². The Morgan fingerprint density at radius 3 is 2.43 bits per heavy atom. The van der Waals surface area contributed by atoms with Gasteiger partial charge in [-0.1, -0.05) is 39.7 Å². The fourth-order valence-corrected chi connectivity index (χ4v) is 2.89. The van der Waals surface area contributed by atoms with E-state index in [1.54, 1.807) is 30.3 Å². The molecule has 2 rings (SSSR count). The van der Waals surface area contributed by atoms with Crippen LogP contribution in [-0.4, -0.2) is 23.4 Å². The van der Waals surface area contributed by atoms with Crippen molar-refractivity contribution >= 4 is 27.5 Å². The minimum absolute atomic E-state index is 0.271. The van der Waals surface area contributed by atoms with E-state index in [1.165, 1.54) is 12.1 Å². The number of aliphatic hydroxyl groups excluding tert-OH is 2. The Labute approximate surface area is 136 Å². The number of hydrogen-bond donors (Lipinski definition) is 2. The first-order chi connectivity index (χ1) is 10.0. The molecule has 2 aromatic carbocycles. The number of halogens is 3. The van der Waals surface area contributed by atoms with E-state index in [4.69, 9.17) is 11.6 Å². The third-order valence-corrected chi connectivity index (χ3v) is 4.59. The second-order valence-corrected chi connectivity index (χ2v) is 6.31. The molecule has 0 aromatic heterocycles. The molecule has 0 unspecified atom stereocenters. The van der Waals surface area contributed by atoms with E-state index < -0.39 is 5.41 Å². The molecule has 0 spiro atoms. The average Bonchev–Trinajstić information content (AvgIpc) is 2.48. The van der Waals surface area contributed by atoms with Gasteiger partial charge >= 0.3 is 0 Å². The smallest absolute Gasteiger partial charge is 0.123 e. The lowest BCUT2D eigenvalue weighted by Gasteiger charge is -2.31. The van der Waals surface area contributed by atoms with E-state index in [1.807, 2.05) is 0 Å². The van der Waals surface area contributed by atoms with E-state index in [2.05, 4.69) is 15.9 Å². The first kappa shape index (κ1) is 16.4. The summed E-state index contributed by atoms with van der Waals surface area (Å²) in [5.74, 6) is -0.357. The van der Waals surface area contributed by atoms with Gasteiger partial charge in [-0.25, -0.2) is 4.39 Å². The molecular weight excluding hydrogens is 359 g/mol. The third-order valence-electron chi connectivity index (χ3n) is 3.58. The van der Waals surface area contributed by atoms with Gasteiger partial charge in [0.25, 0.3) is 0 Å². The van der Waals surface area contributed by atoms with E-state index in [0.29, 0.717) is 17.0 Å². The van der Waals surface area contributed by atoms with Crippen molar-refractivity contribution < 1.29 is 14.6 Å². The van der Waals surface area contributed by atoms with Gasteiger partial charge < -0.3 is 10.2 Å². The van der Waals surface area contributed by atoms with Crippen LogP contribution >= 0.6 is 27.5 Å². The molecule has 112 valence electrons. The first-order valence-electron chi connectivity index (χ1n) is 6.42. The van der Waals surface area contributed by atoms with Gasteiger partial charge in [-0.3, -0.25) is 0 Å². The quantitative estimate of drug-likeness (QED) is 0.839. The topological polar surface area (TPSA) is 40.5 Å². The van der Waals surface area contributed by atoms with Gasteiger partial charge in [-0.2, -0.15) is 0 Å². The van der Waals surface area contributed by atoms with Crippen molar-refractivity contribution in [3.63, 3.8) is 0 Å². The van der Waals surface area contributed by atoms with Crippen LogP contribution in [0.25, 0.3) is 0 Å². The highest BCUT2D eigenvalue weighted by Crippen LogP contribution is 2.32. The van der Waals surface area contributed by atoms with Crippen LogP contribution in [0.3, 0.4) is 0 Å². The summed E-state index contributed by atoms with van der Waals surface area (Å²) in [6.45, 7) is -0.542. The Hall–Kier alpha value is -0.940. The monoisotopic (exact) mass is 372 g/mol. The molecule has 0 aliphatic carbocycles. The zero-order valence-electron chi connectivity index (χ0n) is 11.2. The Balaban J connectivity index is 2.45. The molecule has 0 heterocycles. The van der Waals surface area contributed by atoms with Gasteiger partial charge in [-0.15, -0.1) is 0 Å². The molecule has 2 nitrogen and oxygen atoms in total. The van der Waals surface area contributed by atoms with Gasteiger partial charge in [0.05, 0.1) is 13.2 Å². The molecule has 0 saturated heterocycles. The van der Waals surface area contributed by atoms with Crippen LogP contribution in [0.4, 0.5) is 4.39 Å². The number of benzene rings is 2. The normalized spacial score (nSPS) is 11.7. The van der Waals surface area contributed by atoms with Crippen molar-refractivity contribution in [2.75, 3.05) is 13.2 Å². The molecule has 0 amide bonds. The summed E-state index contributed by atoms with van der Waals surface area (Å²) in [6, 6.07) is 11.4. The molecule has 0 bridgehead atoms. The van der Waals surface area contributed by atoms with Gasteiger partial charge in [0.15, 0.2) is 0 Å². The Morgan fingerprint density at radius 2 is 1.81 bits per heavy atom. The van der Waals surface area contributed by atoms with Gasteiger partial charge in [-0.05, 0) is 47.9 Å². The van der Waals surface area contributed by atoms with Crippen molar-refractivity contribution in [2.24, 2.45) is 0 Å². The number of hydrogen-bond acceptors (Lipinski definition) is 2. The highest BCUT2D eigenvalue weighted by molar-refractivity contribution is 9.10. The predicted octanol–water partition coefficient (Wildman–Crippen LogP) is 3.71. The third kappa shape index (κ3) is 3.64. The molecule has 0 atom stereocenters. The maximum Gasteiger partial charge on any atom is 0.123 e. The van der Waals surface area contributed by atoms with Crippen molar-refractivity contribution in [1.82, 2.24) is 0 Å². The molecular formula is C16H15BrClFO2. The summed E-state index contributed by atoms with van der Waals surface area (Å²) in [7, 11) is 0. The van der Waals surface area contributed by atoms with Crippen molar-refractivity contribution in [2.45, 2.75) is 11.8 Å². The SMILES string of the molecule is OCC(CO)(Cc1cc(F)ccc1Br)c1cccc(Cl)c1. The predicted molar refractivity (Wildman–Crippen MR) is 85.1 cm³/mol. The van der Waals surface area contributed by atoms with E-state index >= 15 is 0 Å². The molecule has 2 aromatic rings. The fraction of sp³-hybridized carbons (Fsp3) is 0.250. The van der Waals surface area contributed by atoms with Gasteiger partial charge in [0.1, 0.15) is 5.82 Å². The van der Waals surface area contributed by atoms with Crippen LogP contribution < -0.4 is 0 Å². The molecule has 0 fully saturated rings. The molecule has 0 aliphatic heterocycles. The van der Waals surface area contributed by atoms with E-state index in [0.717, 1.165) is 10.0 Å². The Kier molecular flexibility index (Phi) is 5.38. The van der Waals surface area contributed by atoms with Gasteiger partial charge in [0, 0.05) is 14.9 Å². The van der Waals surface area contributed by atoms with Crippen LogP contribution in [0, 0.1) is 5.82 Å². The average molecular weight is 374 g/mol. The molecule has 5 heteroatoms. The molecule has 0 radical (unpaired) electrons. The maximum atomic E-state index is 13.4. The summed E-state index contributed by atoms with van der Waals surface area (Å²) in [6.07, 6.45) is 0.290. The second-order valence-electron chi connectivity index (χ2n) is 5.02. The van der Waals surface area contributed by atoms with E-state index in [9.17, 15) is 14.6 Å². The van der Waals surface area contributed by atoms with Crippen LogP contribution in [-0.2, 0) is 11.8 Å². The summed E-state index contributed by atoms with van der Waals surface area (Å²) >= 11 is 9.36. The molecule has 2 N–H and O–H groups in total. The van der Waals surface area contributed by atoms with Gasteiger partial charge in [0.2, 0.25) is 0 Å². The van der Waals surface area contributed by atoms with Crippen molar-refractivity contribution in [3.8, 4) is 0 Å². The minimum Gasteiger partial charge on any atom is -0.395 e. The first-order valence-corrected chi connectivity index (χ1v) is 7.59. The highest BCUT2D eigenvalue weighted by atomic mass is 79.9. The zero-order chi connectivity index (χ0) is 15.5. The lowest BCUT2D eigenvalue weighted by atomic mass is 9.77. The van der Waals surface area contributed by atoms with Crippen LogP contribution in [0.5, 0.6) is 0 Å². The molecule has 0 saturated carbocycles.